The minimum Gasteiger partial charge on any atom is -0.468 e. The summed E-state index contributed by atoms with van der Waals surface area (Å²) in [6.45, 7) is 5.42. The maximum absolute atomic E-state index is 5.49. The summed E-state index contributed by atoms with van der Waals surface area (Å²) in [5.74, 6) is 2.96. The van der Waals surface area contributed by atoms with Gasteiger partial charge in [-0.05, 0) is 43.1 Å². The highest BCUT2D eigenvalue weighted by atomic mass is 16.3. The lowest BCUT2D eigenvalue weighted by Gasteiger charge is -2.23. The summed E-state index contributed by atoms with van der Waals surface area (Å²) in [6.07, 6.45) is 4.83. The van der Waals surface area contributed by atoms with Gasteiger partial charge in [0.05, 0.1) is 25.6 Å². The maximum atomic E-state index is 5.49. The van der Waals surface area contributed by atoms with Crippen molar-refractivity contribution < 1.29 is 8.83 Å². The van der Waals surface area contributed by atoms with Crippen LogP contribution < -0.4 is 0 Å². The third-order valence-electron chi connectivity index (χ3n) is 4.64. The van der Waals surface area contributed by atoms with Crippen molar-refractivity contribution in [3.8, 4) is 0 Å². The Morgan fingerprint density at radius 3 is 2.45 bits per heavy atom. The minimum absolute atomic E-state index is 0.676. The molecule has 0 spiro atoms. The first kappa shape index (κ1) is 12.2. The SMILES string of the molecule is c1coc(CN2C[C@@H]3CCN(Cc4ccco4)[C@@H]3C2)c1. The molecule has 2 aliphatic rings. The molecule has 106 valence electrons. The fourth-order valence-electron chi connectivity index (χ4n) is 3.69. The zero-order chi connectivity index (χ0) is 13.4. The third-order valence-corrected chi connectivity index (χ3v) is 4.64. The molecule has 2 aromatic heterocycles. The molecule has 20 heavy (non-hydrogen) atoms. The molecule has 2 aliphatic heterocycles. The Morgan fingerprint density at radius 1 is 1.00 bits per heavy atom. The molecule has 0 aliphatic carbocycles. The number of hydrogen-bond donors (Lipinski definition) is 0. The van der Waals surface area contributed by atoms with Gasteiger partial charge in [-0.15, -0.1) is 0 Å². The van der Waals surface area contributed by atoms with Crippen molar-refractivity contribution in [1.29, 1.82) is 0 Å². The molecule has 4 heterocycles. The molecule has 2 aromatic rings. The number of fused-ring (bicyclic) bond motifs is 1. The molecule has 0 radical (unpaired) electrons. The smallest absolute Gasteiger partial charge is 0.117 e. The van der Waals surface area contributed by atoms with E-state index in [1.807, 2.05) is 12.1 Å². The molecular weight excluding hydrogens is 252 g/mol. The van der Waals surface area contributed by atoms with Crippen LogP contribution in [0.15, 0.2) is 45.6 Å². The molecule has 4 heteroatoms. The zero-order valence-corrected chi connectivity index (χ0v) is 11.6. The summed E-state index contributed by atoms with van der Waals surface area (Å²) < 4.78 is 10.9. The van der Waals surface area contributed by atoms with Crippen LogP contribution in [0.4, 0.5) is 0 Å². The number of likely N-dealkylation sites (tertiary alicyclic amines) is 2. The van der Waals surface area contributed by atoms with Gasteiger partial charge < -0.3 is 8.83 Å². The molecule has 0 bridgehead atoms. The van der Waals surface area contributed by atoms with E-state index in [0.29, 0.717) is 6.04 Å². The molecule has 4 nitrogen and oxygen atoms in total. The van der Waals surface area contributed by atoms with Crippen molar-refractivity contribution in [3.63, 3.8) is 0 Å². The van der Waals surface area contributed by atoms with Crippen LogP contribution in [0.25, 0.3) is 0 Å². The van der Waals surface area contributed by atoms with Gasteiger partial charge >= 0.3 is 0 Å². The lowest BCUT2D eigenvalue weighted by molar-refractivity contribution is 0.197. The van der Waals surface area contributed by atoms with E-state index in [1.165, 1.54) is 19.5 Å². The summed E-state index contributed by atoms with van der Waals surface area (Å²) in [5, 5.41) is 0. The number of furan rings is 2. The van der Waals surface area contributed by atoms with E-state index in [4.69, 9.17) is 8.83 Å². The van der Waals surface area contributed by atoms with E-state index < -0.39 is 0 Å². The van der Waals surface area contributed by atoms with Gasteiger partial charge in [-0.1, -0.05) is 0 Å². The molecule has 0 amide bonds. The van der Waals surface area contributed by atoms with Crippen molar-refractivity contribution in [2.45, 2.75) is 25.6 Å². The van der Waals surface area contributed by atoms with E-state index in [2.05, 4.69) is 21.9 Å². The Kier molecular flexibility index (Phi) is 3.13. The Bertz CT molecular complexity index is 535. The highest BCUT2D eigenvalue weighted by Gasteiger charge is 2.41. The number of rotatable bonds is 4. The molecule has 4 rings (SSSR count). The van der Waals surface area contributed by atoms with Gasteiger partial charge in [0.15, 0.2) is 0 Å². The average molecular weight is 272 g/mol. The van der Waals surface area contributed by atoms with E-state index in [1.54, 1.807) is 12.5 Å². The van der Waals surface area contributed by atoms with Gasteiger partial charge in [0, 0.05) is 19.1 Å². The van der Waals surface area contributed by atoms with E-state index in [9.17, 15) is 0 Å². The first-order valence-electron chi connectivity index (χ1n) is 7.39. The van der Waals surface area contributed by atoms with Gasteiger partial charge in [0.2, 0.25) is 0 Å². The van der Waals surface area contributed by atoms with Crippen LogP contribution in [0, 0.1) is 5.92 Å². The van der Waals surface area contributed by atoms with E-state index in [0.717, 1.165) is 37.1 Å². The van der Waals surface area contributed by atoms with Crippen LogP contribution in [0.1, 0.15) is 17.9 Å². The quantitative estimate of drug-likeness (QED) is 0.856. The van der Waals surface area contributed by atoms with Gasteiger partial charge in [-0.2, -0.15) is 0 Å². The molecule has 2 saturated heterocycles. The Morgan fingerprint density at radius 2 is 1.75 bits per heavy atom. The molecule has 0 saturated carbocycles. The second-order valence-electron chi connectivity index (χ2n) is 5.94. The Hall–Kier alpha value is -1.52. The lowest BCUT2D eigenvalue weighted by Crippen LogP contribution is -2.34. The summed E-state index contributed by atoms with van der Waals surface area (Å²) in [7, 11) is 0. The first-order chi connectivity index (χ1) is 9.88. The summed E-state index contributed by atoms with van der Waals surface area (Å²) >= 11 is 0. The van der Waals surface area contributed by atoms with Gasteiger partial charge in [-0.25, -0.2) is 0 Å². The molecule has 0 unspecified atom stereocenters. The molecule has 2 atom stereocenters. The van der Waals surface area contributed by atoms with Gasteiger partial charge in [0.25, 0.3) is 0 Å². The standard InChI is InChI=1S/C16H20N2O2/c1-3-14(19-7-1)10-17-9-13-5-6-18(16(13)12-17)11-15-4-2-8-20-15/h1-4,7-8,13,16H,5-6,9-12H2/t13-,16+/m0/s1. The Balaban J connectivity index is 1.39. The topological polar surface area (TPSA) is 32.8 Å². The van der Waals surface area contributed by atoms with Crippen molar-refractivity contribution in [2.24, 2.45) is 5.92 Å². The van der Waals surface area contributed by atoms with Crippen molar-refractivity contribution in [3.05, 3.63) is 48.3 Å². The minimum atomic E-state index is 0.676. The Labute approximate surface area is 119 Å². The first-order valence-corrected chi connectivity index (χ1v) is 7.39. The van der Waals surface area contributed by atoms with Crippen molar-refractivity contribution in [1.82, 2.24) is 9.80 Å². The fraction of sp³-hybridized carbons (Fsp3) is 0.500. The largest absolute Gasteiger partial charge is 0.468 e. The predicted octanol–water partition coefficient (Wildman–Crippen LogP) is 2.58. The van der Waals surface area contributed by atoms with Gasteiger partial charge in [0.1, 0.15) is 11.5 Å². The monoisotopic (exact) mass is 272 g/mol. The molecule has 0 N–H and O–H groups in total. The average Bonchev–Trinajstić information content (AvgIpc) is 3.18. The van der Waals surface area contributed by atoms with Crippen LogP contribution in [-0.2, 0) is 13.1 Å². The van der Waals surface area contributed by atoms with E-state index >= 15 is 0 Å². The fourth-order valence-corrected chi connectivity index (χ4v) is 3.69. The van der Waals surface area contributed by atoms with E-state index in [-0.39, 0.29) is 0 Å². The normalized spacial score (nSPS) is 27.2. The predicted molar refractivity (Wildman–Crippen MR) is 75.0 cm³/mol. The second kappa shape index (κ2) is 5.11. The maximum Gasteiger partial charge on any atom is 0.117 e. The number of hydrogen-bond acceptors (Lipinski definition) is 4. The lowest BCUT2D eigenvalue weighted by atomic mass is 10.1. The molecular formula is C16H20N2O2. The van der Waals surface area contributed by atoms with Crippen molar-refractivity contribution in [2.75, 3.05) is 19.6 Å². The van der Waals surface area contributed by atoms with Crippen LogP contribution in [0.5, 0.6) is 0 Å². The van der Waals surface area contributed by atoms with Crippen molar-refractivity contribution >= 4 is 0 Å². The summed E-state index contributed by atoms with van der Waals surface area (Å²) in [5.41, 5.74) is 0. The van der Waals surface area contributed by atoms with Crippen LogP contribution in [0.3, 0.4) is 0 Å². The van der Waals surface area contributed by atoms with Gasteiger partial charge in [-0.3, -0.25) is 9.80 Å². The second-order valence-corrected chi connectivity index (χ2v) is 5.94. The highest BCUT2D eigenvalue weighted by molar-refractivity contribution is 5.04. The van der Waals surface area contributed by atoms with Crippen LogP contribution >= 0.6 is 0 Å². The van der Waals surface area contributed by atoms with Crippen LogP contribution in [-0.4, -0.2) is 35.5 Å². The summed E-state index contributed by atoms with van der Waals surface area (Å²) in [4.78, 5) is 5.09. The molecule has 0 aromatic carbocycles. The zero-order valence-electron chi connectivity index (χ0n) is 11.6. The molecule has 2 fully saturated rings. The summed E-state index contributed by atoms with van der Waals surface area (Å²) in [6, 6.07) is 8.75. The number of nitrogens with zero attached hydrogens (tertiary/aromatic N) is 2. The third kappa shape index (κ3) is 2.30. The van der Waals surface area contributed by atoms with Crippen LogP contribution in [0.2, 0.25) is 0 Å². The highest BCUT2D eigenvalue weighted by Crippen LogP contribution is 2.33.